The van der Waals surface area contributed by atoms with Crippen molar-refractivity contribution in [2.75, 3.05) is 33.0 Å². The fourth-order valence-electron chi connectivity index (χ4n) is 1.70. The van der Waals surface area contributed by atoms with E-state index >= 15 is 0 Å². The molecule has 0 heterocycles. The van der Waals surface area contributed by atoms with Crippen LogP contribution in [0.1, 0.15) is 12.5 Å². The zero-order valence-electron chi connectivity index (χ0n) is 13.0. The maximum absolute atomic E-state index is 11.8. The molecule has 2 N–H and O–H groups in total. The second-order valence-electron chi connectivity index (χ2n) is 5.11. The molecule has 0 fully saturated rings. The lowest BCUT2D eigenvalue weighted by molar-refractivity contribution is -0.128. The van der Waals surface area contributed by atoms with Crippen molar-refractivity contribution in [1.29, 1.82) is 0 Å². The van der Waals surface area contributed by atoms with E-state index in [9.17, 15) is 9.59 Å². The van der Waals surface area contributed by atoms with Gasteiger partial charge in [0.1, 0.15) is 0 Å². The molecule has 2 amide bonds. The number of nitrogens with zero attached hydrogens (tertiary/aromatic N) is 1. The van der Waals surface area contributed by atoms with Crippen LogP contribution in [0.15, 0.2) is 24.3 Å². The third-order valence-electron chi connectivity index (χ3n) is 3.03. The van der Waals surface area contributed by atoms with Crippen LogP contribution in [0.5, 0.6) is 0 Å². The highest BCUT2D eigenvalue weighted by molar-refractivity contribution is 5.92. The van der Waals surface area contributed by atoms with Crippen LogP contribution in [0.2, 0.25) is 0 Å². The summed E-state index contributed by atoms with van der Waals surface area (Å²) in [5.41, 5.74) is 1.68. The Bertz CT molecular complexity index is 460. The number of halogens is 1. The van der Waals surface area contributed by atoms with E-state index in [0.717, 1.165) is 11.3 Å². The summed E-state index contributed by atoms with van der Waals surface area (Å²) in [6.45, 7) is 2.51. The quantitative estimate of drug-likeness (QED) is 0.837. The van der Waals surface area contributed by atoms with Gasteiger partial charge in [0.25, 0.3) is 0 Å². The van der Waals surface area contributed by atoms with Crippen LogP contribution in [0, 0.1) is 5.92 Å². The van der Waals surface area contributed by atoms with Crippen LogP contribution in [0.4, 0.5) is 5.69 Å². The highest BCUT2D eigenvalue weighted by Gasteiger charge is 2.12. The van der Waals surface area contributed by atoms with Gasteiger partial charge in [-0.15, -0.1) is 12.4 Å². The number of nitrogens with one attached hydrogen (secondary N) is 2. The first-order chi connectivity index (χ1) is 9.43. The summed E-state index contributed by atoms with van der Waals surface area (Å²) in [6.07, 6.45) is 0.372. The van der Waals surface area contributed by atoms with Crippen molar-refractivity contribution in [3.8, 4) is 0 Å². The van der Waals surface area contributed by atoms with Crippen molar-refractivity contribution < 1.29 is 9.59 Å². The summed E-state index contributed by atoms with van der Waals surface area (Å²) in [6, 6.07) is 7.37. The van der Waals surface area contributed by atoms with E-state index < -0.39 is 0 Å². The average Bonchev–Trinajstić information content (AvgIpc) is 2.41. The monoisotopic (exact) mass is 313 g/mol. The third-order valence-corrected chi connectivity index (χ3v) is 3.03. The largest absolute Gasteiger partial charge is 0.349 e. The van der Waals surface area contributed by atoms with Crippen LogP contribution in [-0.4, -0.2) is 44.4 Å². The summed E-state index contributed by atoms with van der Waals surface area (Å²) in [5, 5.41) is 5.83. The normalized spacial score (nSPS) is 11.2. The molecule has 0 bridgehead atoms. The average molecular weight is 314 g/mol. The Hall–Kier alpha value is -1.59. The molecule has 6 heteroatoms. The molecule has 0 aliphatic heterocycles. The SMILES string of the molecule is CNCC(C)C(=O)Nc1ccc(CC(=O)N(C)C)cc1.Cl. The molecule has 0 aliphatic rings. The zero-order valence-corrected chi connectivity index (χ0v) is 13.8. The van der Waals surface area contributed by atoms with Crippen molar-refractivity contribution in [3.05, 3.63) is 29.8 Å². The van der Waals surface area contributed by atoms with Crippen LogP contribution >= 0.6 is 12.4 Å². The van der Waals surface area contributed by atoms with E-state index in [1.807, 2.05) is 38.2 Å². The molecule has 0 aliphatic carbocycles. The molecule has 1 aromatic rings. The second kappa shape index (κ2) is 9.37. The number of amides is 2. The topological polar surface area (TPSA) is 61.4 Å². The van der Waals surface area contributed by atoms with Gasteiger partial charge >= 0.3 is 0 Å². The fraction of sp³-hybridized carbons (Fsp3) is 0.467. The Balaban J connectivity index is 0.00000400. The van der Waals surface area contributed by atoms with Gasteiger partial charge in [-0.25, -0.2) is 0 Å². The molecule has 118 valence electrons. The molecular weight excluding hydrogens is 290 g/mol. The smallest absolute Gasteiger partial charge is 0.228 e. The van der Waals surface area contributed by atoms with Crippen molar-refractivity contribution in [3.63, 3.8) is 0 Å². The molecule has 0 spiro atoms. The number of rotatable bonds is 6. The van der Waals surface area contributed by atoms with Gasteiger partial charge in [-0.3, -0.25) is 9.59 Å². The molecule has 1 unspecified atom stereocenters. The molecule has 5 nitrogen and oxygen atoms in total. The minimum atomic E-state index is -0.0880. The molecule has 0 saturated carbocycles. The maximum atomic E-state index is 11.8. The Kier molecular flexibility index (Phi) is 8.66. The first-order valence-corrected chi connectivity index (χ1v) is 6.68. The van der Waals surface area contributed by atoms with E-state index in [-0.39, 0.29) is 30.1 Å². The molecule has 21 heavy (non-hydrogen) atoms. The fourth-order valence-corrected chi connectivity index (χ4v) is 1.70. The van der Waals surface area contributed by atoms with Crippen LogP contribution in [0.3, 0.4) is 0 Å². The molecule has 1 rings (SSSR count). The molecular formula is C15H24ClN3O2. The van der Waals surface area contributed by atoms with E-state index in [4.69, 9.17) is 0 Å². The van der Waals surface area contributed by atoms with Crippen LogP contribution in [-0.2, 0) is 16.0 Å². The standard InChI is InChI=1S/C15H23N3O2.ClH/c1-11(10-16-2)15(20)17-13-7-5-12(6-8-13)9-14(19)18(3)4;/h5-8,11,16H,9-10H2,1-4H3,(H,17,20);1H. The maximum Gasteiger partial charge on any atom is 0.228 e. The number of likely N-dealkylation sites (N-methyl/N-ethyl adjacent to an activating group) is 1. The van der Waals surface area contributed by atoms with Gasteiger partial charge in [0.05, 0.1) is 6.42 Å². The molecule has 0 saturated heterocycles. The lowest BCUT2D eigenvalue weighted by atomic mass is 10.1. The van der Waals surface area contributed by atoms with Gasteiger partial charge in [0, 0.05) is 32.2 Å². The lowest BCUT2D eigenvalue weighted by Crippen LogP contribution is -2.28. The highest BCUT2D eigenvalue weighted by atomic mass is 35.5. The minimum Gasteiger partial charge on any atom is -0.349 e. The Morgan fingerprint density at radius 2 is 1.76 bits per heavy atom. The van der Waals surface area contributed by atoms with Crippen molar-refractivity contribution in [2.24, 2.45) is 5.92 Å². The number of hydrogen-bond donors (Lipinski definition) is 2. The van der Waals surface area contributed by atoms with Gasteiger partial charge in [-0.05, 0) is 24.7 Å². The number of carbonyl (C=O) groups is 2. The van der Waals surface area contributed by atoms with E-state index in [1.165, 1.54) is 0 Å². The second-order valence-corrected chi connectivity index (χ2v) is 5.11. The first-order valence-electron chi connectivity index (χ1n) is 6.68. The third kappa shape index (κ3) is 6.60. The minimum absolute atomic E-state index is 0. The Morgan fingerprint density at radius 1 is 1.19 bits per heavy atom. The van der Waals surface area contributed by atoms with Gasteiger partial charge < -0.3 is 15.5 Å². The summed E-state index contributed by atoms with van der Waals surface area (Å²) in [7, 11) is 5.29. The summed E-state index contributed by atoms with van der Waals surface area (Å²) < 4.78 is 0. The predicted octanol–water partition coefficient (Wildman–Crippen LogP) is 1.53. The zero-order chi connectivity index (χ0) is 15.1. The van der Waals surface area contributed by atoms with Gasteiger partial charge in [-0.2, -0.15) is 0 Å². The lowest BCUT2D eigenvalue weighted by Gasteiger charge is -2.12. The highest BCUT2D eigenvalue weighted by Crippen LogP contribution is 2.12. The number of anilines is 1. The van der Waals surface area contributed by atoms with Gasteiger partial charge in [0.15, 0.2) is 0 Å². The van der Waals surface area contributed by atoms with E-state index in [0.29, 0.717) is 13.0 Å². The van der Waals surface area contributed by atoms with Crippen LogP contribution < -0.4 is 10.6 Å². The van der Waals surface area contributed by atoms with Gasteiger partial charge in [-0.1, -0.05) is 19.1 Å². The number of hydrogen-bond acceptors (Lipinski definition) is 3. The first kappa shape index (κ1) is 19.4. The van der Waals surface area contributed by atoms with Crippen LogP contribution in [0.25, 0.3) is 0 Å². The summed E-state index contributed by atoms with van der Waals surface area (Å²) in [5.74, 6) is -0.0455. The van der Waals surface area contributed by atoms with Crippen molar-refractivity contribution in [1.82, 2.24) is 10.2 Å². The molecule has 1 aromatic carbocycles. The Morgan fingerprint density at radius 3 is 2.24 bits per heavy atom. The molecule has 0 radical (unpaired) electrons. The van der Waals surface area contributed by atoms with Gasteiger partial charge in [0.2, 0.25) is 11.8 Å². The van der Waals surface area contributed by atoms with Crippen molar-refractivity contribution in [2.45, 2.75) is 13.3 Å². The van der Waals surface area contributed by atoms with E-state index in [1.54, 1.807) is 19.0 Å². The van der Waals surface area contributed by atoms with E-state index in [2.05, 4.69) is 10.6 Å². The number of carbonyl (C=O) groups excluding carboxylic acids is 2. The summed E-state index contributed by atoms with van der Waals surface area (Å²) in [4.78, 5) is 25.0. The molecule has 1 atom stereocenters. The predicted molar refractivity (Wildman–Crippen MR) is 87.8 cm³/mol. The summed E-state index contributed by atoms with van der Waals surface area (Å²) >= 11 is 0. The Labute approximate surface area is 132 Å². The van der Waals surface area contributed by atoms with Crippen molar-refractivity contribution >= 4 is 29.9 Å². The number of benzene rings is 1. The molecule has 0 aromatic heterocycles.